The van der Waals surface area contributed by atoms with Crippen LogP contribution < -0.4 is 4.90 Å². The van der Waals surface area contributed by atoms with Gasteiger partial charge in [0.05, 0.1) is 37.4 Å². The zero-order valence-corrected chi connectivity index (χ0v) is 19.8. The van der Waals surface area contributed by atoms with Crippen LogP contribution in [0.4, 0.5) is 20.2 Å². The fourth-order valence-electron chi connectivity index (χ4n) is 3.48. The lowest BCUT2D eigenvalue weighted by molar-refractivity contribution is -0.113. The van der Waals surface area contributed by atoms with Gasteiger partial charge in [0, 0.05) is 13.1 Å². The predicted molar refractivity (Wildman–Crippen MR) is 134 cm³/mol. The number of anilines is 1. The molecular formula is C24H14Cl2F2N4OS. The molecule has 1 aromatic heterocycles. The summed E-state index contributed by atoms with van der Waals surface area (Å²) in [5.74, 6) is -0.985. The Bertz CT molecular complexity index is 1530. The Morgan fingerprint density at radius 3 is 2.41 bits per heavy atom. The molecule has 10 heteroatoms. The molecule has 0 bridgehead atoms. The van der Waals surface area contributed by atoms with Crippen molar-refractivity contribution in [2.45, 2.75) is 0 Å². The molecule has 1 aliphatic heterocycles. The van der Waals surface area contributed by atoms with Crippen LogP contribution in [0.1, 0.15) is 5.82 Å². The van der Waals surface area contributed by atoms with Crippen LogP contribution in [-0.4, -0.2) is 20.6 Å². The number of aryl methyl sites for hydroxylation is 1. The minimum atomic E-state index is -0.607. The Labute approximate surface area is 207 Å². The first-order chi connectivity index (χ1) is 16.3. The van der Waals surface area contributed by atoms with E-state index in [0.717, 1.165) is 22.8 Å². The predicted octanol–water partition coefficient (Wildman–Crippen LogP) is 6.97. The van der Waals surface area contributed by atoms with Gasteiger partial charge < -0.3 is 4.57 Å². The Morgan fingerprint density at radius 1 is 1.00 bits per heavy atom. The summed E-state index contributed by atoms with van der Waals surface area (Å²) >= 11 is 13.0. The smallest absolute Gasteiger partial charge is 0.271 e. The number of carbonyl (C=O) groups is 1. The minimum absolute atomic E-state index is 0.0944. The van der Waals surface area contributed by atoms with Crippen LogP contribution >= 0.6 is 35.0 Å². The number of amidine groups is 1. The lowest BCUT2D eigenvalue weighted by Gasteiger charge is -2.16. The molecule has 34 heavy (non-hydrogen) atoms. The van der Waals surface area contributed by atoms with Crippen molar-refractivity contribution in [2.75, 3.05) is 4.90 Å². The molecule has 1 amide bonds. The highest BCUT2D eigenvalue weighted by molar-refractivity contribution is 8.19. The summed E-state index contributed by atoms with van der Waals surface area (Å²) in [6.07, 6.45) is 1.67. The standard InChI is InChI=1S/C24H14Cl2F2N4OS/c1-31-20-5-3-2-4-19(20)30-22(31)12-21-23(33)32(14-7-9-18(28)16(26)11-14)24(34-21)29-13-6-8-17(27)15(25)10-13/h2-12H,1H3/b21-12+,29-24?. The number of nitrogens with zero attached hydrogens (tertiary/aromatic N) is 4. The maximum absolute atomic E-state index is 13.8. The SMILES string of the molecule is Cn1c(/C=C2/SC(=Nc3ccc(F)c(Cl)c3)N(c3ccc(F)c(Cl)c3)C2=O)nc2ccccc21. The number of rotatable bonds is 3. The molecule has 0 spiro atoms. The van der Waals surface area contributed by atoms with Gasteiger partial charge >= 0.3 is 0 Å². The fraction of sp³-hybridized carbons (Fsp3) is 0.0417. The molecule has 5 nitrogen and oxygen atoms in total. The van der Waals surface area contributed by atoms with Gasteiger partial charge in [0.15, 0.2) is 5.17 Å². The van der Waals surface area contributed by atoms with Crippen molar-refractivity contribution in [3.05, 3.63) is 93.1 Å². The van der Waals surface area contributed by atoms with Crippen LogP contribution in [0.15, 0.2) is 70.6 Å². The number of halogens is 4. The number of aromatic nitrogens is 2. The molecule has 0 unspecified atom stereocenters. The number of carbonyl (C=O) groups excluding carboxylic acids is 1. The summed E-state index contributed by atoms with van der Waals surface area (Å²) < 4.78 is 29.3. The molecule has 0 saturated carbocycles. The van der Waals surface area contributed by atoms with Gasteiger partial charge in [0.1, 0.15) is 17.5 Å². The molecule has 1 saturated heterocycles. The van der Waals surface area contributed by atoms with Crippen molar-refractivity contribution in [3.63, 3.8) is 0 Å². The Morgan fingerprint density at radius 2 is 1.71 bits per heavy atom. The van der Waals surface area contributed by atoms with E-state index in [0.29, 0.717) is 22.1 Å². The number of amides is 1. The van der Waals surface area contributed by atoms with Crippen LogP contribution in [0, 0.1) is 11.6 Å². The topological polar surface area (TPSA) is 50.5 Å². The van der Waals surface area contributed by atoms with Crippen LogP contribution in [0.25, 0.3) is 17.1 Å². The van der Waals surface area contributed by atoms with E-state index in [1.807, 2.05) is 35.9 Å². The third-order valence-corrected chi connectivity index (χ3v) is 6.73. The molecule has 0 radical (unpaired) electrons. The molecule has 0 N–H and O–H groups in total. The van der Waals surface area contributed by atoms with Gasteiger partial charge in [-0.05, 0) is 60.3 Å². The Hall–Kier alpha value is -3.20. The quantitative estimate of drug-likeness (QED) is 0.277. The minimum Gasteiger partial charge on any atom is -0.328 e. The van der Waals surface area contributed by atoms with E-state index in [-0.39, 0.29) is 21.1 Å². The second-order valence-electron chi connectivity index (χ2n) is 7.36. The van der Waals surface area contributed by atoms with Crippen molar-refractivity contribution in [1.82, 2.24) is 9.55 Å². The van der Waals surface area contributed by atoms with Gasteiger partial charge in [-0.3, -0.25) is 9.69 Å². The maximum atomic E-state index is 13.8. The molecule has 0 atom stereocenters. The average Bonchev–Trinajstić information content (AvgIpc) is 3.29. The van der Waals surface area contributed by atoms with E-state index in [1.54, 1.807) is 6.08 Å². The van der Waals surface area contributed by atoms with Crippen molar-refractivity contribution in [3.8, 4) is 0 Å². The second-order valence-corrected chi connectivity index (χ2v) is 9.18. The zero-order chi connectivity index (χ0) is 24.0. The van der Waals surface area contributed by atoms with Gasteiger partial charge in [0.2, 0.25) is 0 Å². The summed E-state index contributed by atoms with van der Waals surface area (Å²) in [6, 6.07) is 15.6. The van der Waals surface area contributed by atoms with Gasteiger partial charge in [-0.1, -0.05) is 35.3 Å². The fourth-order valence-corrected chi connectivity index (χ4v) is 4.80. The van der Waals surface area contributed by atoms with Crippen molar-refractivity contribution >= 4 is 74.5 Å². The van der Waals surface area contributed by atoms with Crippen molar-refractivity contribution in [1.29, 1.82) is 0 Å². The van der Waals surface area contributed by atoms with Gasteiger partial charge in [-0.2, -0.15) is 0 Å². The highest BCUT2D eigenvalue weighted by Gasteiger charge is 2.35. The van der Waals surface area contributed by atoms with E-state index in [4.69, 9.17) is 23.2 Å². The Kier molecular flexibility index (Phi) is 5.89. The first kappa shape index (κ1) is 22.6. The first-order valence-electron chi connectivity index (χ1n) is 9.96. The number of thioether (sulfide) groups is 1. The summed E-state index contributed by atoms with van der Waals surface area (Å²) in [5, 5.41) is 0.0515. The van der Waals surface area contributed by atoms with Crippen LogP contribution in [0.5, 0.6) is 0 Å². The Balaban J connectivity index is 1.62. The maximum Gasteiger partial charge on any atom is 0.271 e. The number of aliphatic imine (C=N–C) groups is 1. The highest BCUT2D eigenvalue weighted by Crippen LogP contribution is 2.38. The normalized spacial score (nSPS) is 16.4. The lowest BCUT2D eigenvalue weighted by atomic mass is 10.2. The third kappa shape index (κ3) is 4.09. The molecule has 4 aromatic rings. The van der Waals surface area contributed by atoms with E-state index in [2.05, 4.69) is 9.98 Å². The molecule has 0 aliphatic carbocycles. The number of hydrogen-bond acceptors (Lipinski definition) is 4. The summed E-state index contributed by atoms with van der Waals surface area (Å²) in [6.45, 7) is 0. The van der Waals surface area contributed by atoms with Crippen LogP contribution in [0.2, 0.25) is 10.0 Å². The summed E-state index contributed by atoms with van der Waals surface area (Å²) in [5.41, 5.74) is 2.40. The van der Waals surface area contributed by atoms with E-state index in [9.17, 15) is 13.6 Å². The second kappa shape index (κ2) is 8.87. The van der Waals surface area contributed by atoms with Crippen LogP contribution in [-0.2, 0) is 11.8 Å². The number of fused-ring (bicyclic) bond motifs is 1. The number of imidazole rings is 1. The average molecular weight is 515 g/mol. The molecule has 5 rings (SSSR count). The van der Waals surface area contributed by atoms with Crippen LogP contribution in [0.3, 0.4) is 0 Å². The molecule has 3 aromatic carbocycles. The number of hydrogen-bond donors (Lipinski definition) is 0. The van der Waals surface area contributed by atoms with E-state index in [1.165, 1.54) is 41.3 Å². The number of benzene rings is 3. The van der Waals surface area contributed by atoms with E-state index >= 15 is 0 Å². The monoisotopic (exact) mass is 514 g/mol. The first-order valence-corrected chi connectivity index (χ1v) is 11.5. The lowest BCUT2D eigenvalue weighted by Crippen LogP contribution is -2.28. The molecule has 2 heterocycles. The van der Waals surface area contributed by atoms with Gasteiger partial charge in [-0.25, -0.2) is 18.8 Å². The summed E-state index contributed by atoms with van der Waals surface area (Å²) in [7, 11) is 1.86. The van der Waals surface area contributed by atoms with Gasteiger partial charge in [-0.15, -0.1) is 0 Å². The van der Waals surface area contributed by atoms with Crippen molar-refractivity contribution in [2.24, 2.45) is 12.0 Å². The van der Waals surface area contributed by atoms with Crippen molar-refractivity contribution < 1.29 is 13.6 Å². The van der Waals surface area contributed by atoms with E-state index < -0.39 is 11.6 Å². The third-order valence-electron chi connectivity index (χ3n) is 5.18. The number of para-hydroxylation sites is 2. The highest BCUT2D eigenvalue weighted by atomic mass is 35.5. The molecule has 1 fully saturated rings. The van der Waals surface area contributed by atoms with Gasteiger partial charge in [0.25, 0.3) is 5.91 Å². The zero-order valence-electron chi connectivity index (χ0n) is 17.5. The molecule has 1 aliphatic rings. The molecular weight excluding hydrogens is 501 g/mol. The largest absolute Gasteiger partial charge is 0.328 e. The summed E-state index contributed by atoms with van der Waals surface area (Å²) in [4.78, 5) is 24.2. The molecule has 170 valence electrons.